The molecule has 0 unspecified atom stereocenters. The summed E-state index contributed by atoms with van der Waals surface area (Å²) in [6.07, 6.45) is 2.63. The molecule has 2 fully saturated rings. The summed E-state index contributed by atoms with van der Waals surface area (Å²) in [6.45, 7) is 0. The first kappa shape index (κ1) is 17.1. The van der Waals surface area contributed by atoms with Crippen LogP contribution in [-0.2, 0) is 11.0 Å². The van der Waals surface area contributed by atoms with Gasteiger partial charge in [-0.3, -0.25) is 9.79 Å². The highest BCUT2D eigenvalue weighted by Gasteiger charge is 2.30. The summed E-state index contributed by atoms with van der Waals surface area (Å²) in [5, 5.41) is 3.25. The van der Waals surface area contributed by atoms with Crippen molar-refractivity contribution in [3.8, 4) is 0 Å². The maximum absolute atomic E-state index is 12.8. The van der Waals surface area contributed by atoms with E-state index in [0.29, 0.717) is 15.6 Å². The third-order valence-corrected chi connectivity index (χ3v) is 4.96. The molecule has 1 aliphatic carbocycles. The first-order chi connectivity index (χ1) is 11.4. The zero-order valence-corrected chi connectivity index (χ0v) is 13.7. The van der Waals surface area contributed by atoms with Crippen LogP contribution in [0.1, 0.15) is 43.2 Å². The van der Waals surface area contributed by atoms with Crippen LogP contribution < -0.4 is 5.32 Å². The Bertz CT molecular complexity index is 691. The van der Waals surface area contributed by atoms with E-state index in [1.54, 1.807) is 6.07 Å². The molecule has 3 rings (SSSR count). The summed E-state index contributed by atoms with van der Waals surface area (Å²) in [7, 11) is 0. The fourth-order valence-corrected chi connectivity index (χ4v) is 3.71. The van der Waals surface area contributed by atoms with Gasteiger partial charge in [0.25, 0.3) is 5.91 Å². The Labute approximate surface area is 142 Å². The molecule has 1 aromatic carbocycles. The number of rotatable bonds is 2. The molecule has 0 aromatic heterocycles. The van der Waals surface area contributed by atoms with Crippen LogP contribution in [0, 0.1) is 0 Å². The molecule has 1 heterocycles. The lowest BCUT2D eigenvalue weighted by atomic mass is 9.96. The normalized spacial score (nSPS) is 23.0. The second-order valence-electron chi connectivity index (χ2n) is 5.91. The van der Waals surface area contributed by atoms with Crippen LogP contribution >= 0.6 is 11.8 Å². The molecule has 0 spiro atoms. The summed E-state index contributed by atoms with van der Waals surface area (Å²) in [5.74, 6) is -0.313. The van der Waals surface area contributed by atoms with Gasteiger partial charge in [-0.05, 0) is 48.4 Å². The van der Waals surface area contributed by atoms with E-state index in [0.717, 1.165) is 37.8 Å². The summed E-state index contributed by atoms with van der Waals surface area (Å²) in [4.78, 5) is 16.9. The average Bonchev–Trinajstić information content (AvgIpc) is 2.87. The number of hydrogen-bond donors (Lipinski definition) is 1. The predicted octanol–water partition coefficient (Wildman–Crippen LogP) is 4.60. The summed E-state index contributed by atoms with van der Waals surface area (Å²) < 4.78 is 38.3. The van der Waals surface area contributed by atoms with E-state index in [2.05, 4.69) is 10.3 Å². The van der Waals surface area contributed by atoms with Gasteiger partial charge in [-0.1, -0.05) is 31.4 Å². The van der Waals surface area contributed by atoms with Crippen molar-refractivity contribution in [1.29, 1.82) is 0 Å². The molecule has 3 nitrogen and oxygen atoms in total. The largest absolute Gasteiger partial charge is 0.416 e. The minimum absolute atomic E-state index is 0.231. The summed E-state index contributed by atoms with van der Waals surface area (Å²) in [6, 6.07) is 5.17. The highest BCUT2D eigenvalue weighted by Crippen LogP contribution is 2.32. The number of benzene rings is 1. The van der Waals surface area contributed by atoms with E-state index in [4.69, 9.17) is 0 Å². The highest BCUT2D eigenvalue weighted by molar-refractivity contribution is 8.18. The lowest BCUT2D eigenvalue weighted by Crippen LogP contribution is -2.22. The molecule has 1 amide bonds. The van der Waals surface area contributed by atoms with Crippen LogP contribution in [0.5, 0.6) is 0 Å². The third-order valence-electron chi connectivity index (χ3n) is 4.04. The van der Waals surface area contributed by atoms with Crippen molar-refractivity contribution < 1.29 is 18.0 Å². The van der Waals surface area contributed by atoms with E-state index in [1.807, 2.05) is 0 Å². The standard InChI is InChI=1S/C17H17F3N2OS/c18-17(19,20)12-6-4-5-11(9-12)10-14-15(23)22-16(24-14)21-13-7-2-1-3-8-13/h4-6,9-10,13H,1-3,7-8H2,(H,21,22,23)/b14-10+. The van der Waals surface area contributed by atoms with Crippen molar-refractivity contribution in [3.63, 3.8) is 0 Å². The van der Waals surface area contributed by atoms with Crippen LogP contribution in [0.25, 0.3) is 6.08 Å². The number of carbonyl (C=O) groups excluding carboxylic acids is 1. The smallest absolute Gasteiger partial charge is 0.301 e. The van der Waals surface area contributed by atoms with Gasteiger partial charge in [0.1, 0.15) is 0 Å². The quantitative estimate of drug-likeness (QED) is 0.789. The fraction of sp³-hybridized carbons (Fsp3) is 0.412. The van der Waals surface area contributed by atoms with Gasteiger partial charge in [-0.15, -0.1) is 0 Å². The lowest BCUT2D eigenvalue weighted by Gasteiger charge is -2.17. The molecule has 128 valence electrons. The highest BCUT2D eigenvalue weighted by atomic mass is 32.2. The van der Waals surface area contributed by atoms with Crippen molar-refractivity contribution >= 4 is 28.9 Å². The van der Waals surface area contributed by atoms with Crippen LogP contribution in [0.3, 0.4) is 0 Å². The van der Waals surface area contributed by atoms with Gasteiger partial charge >= 0.3 is 6.18 Å². The van der Waals surface area contributed by atoms with Gasteiger partial charge in [0.05, 0.1) is 16.5 Å². The van der Waals surface area contributed by atoms with Crippen LogP contribution in [-0.4, -0.2) is 17.1 Å². The van der Waals surface area contributed by atoms with Crippen molar-refractivity contribution in [3.05, 3.63) is 40.3 Å². The number of halogens is 3. The molecule has 1 aliphatic heterocycles. The number of hydrogen-bond acceptors (Lipinski definition) is 3. The van der Waals surface area contributed by atoms with E-state index in [9.17, 15) is 18.0 Å². The number of aliphatic imine (C=N–C) groups is 1. The Kier molecular flexibility index (Phi) is 4.99. The Balaban J connectivity index is 1.76. The molecule has 1 N–H and O–H groups in total. The van der Waals surface area contributed by atoms with Gasteiger partial charge in [0, 0.05) is 0 Å². The summed E-state index contributed by atoms with van der Waals surface area (Å²) >= 11 is 1.19. The summed E-state index contributed by atoms with van der Waals surface area (Å²) in [5.41, 5.74) is -0.377. The zero-order chi connectivity index (χ0) is 17.2. The molecular formula is C17H17F3N2OS. The Morgan fingerprint density at radius 3 is 2.67 bits per heavy atom. The molecule has 2 aliphatic rings. The first-order valence-corrected chi connectivity index (χ1v) is 8.69. The first-order valence-electron chi connectivity index (χ1n) is 7.88. The van der Waals surface area contributed by atoms with Gasteiger partial charge < -0.3 is 5.32 Å². The fourth-order valence-electron chi connectivity index (χ4n) is 2.82. The Hall–Kier alpha value is -1.76. The van der Waals surface area contributed by atoms with Crippen molar-refractivity contribution in [1.82, 2.24) is 5.32 Å². The number of amidine groups is 1. The second kappa shape index (κ2) is 7.01. The predicted molar refractivity (Wildman–Crippen MR) is 89.5 cm³/mol. The molecule has 24 heavy (non-hydrogen) atoms. The molecule has 0 radical (unpaired) electrons. The Morgan fingerprint density at radius 1 is 1.21 bits per heavy atom. The number of nitrogens with one attached hydrogen (secondary N) is 1. The SMILES string of the molecule is O=C1NC(=NC2CCCCC2)S/C1=C/c1cccc(C(F)(F)F)c1. The van der Waals surface area contributed by atoms with E-state index in [1.165, 1.54) is 30.3 Å². The van der Waals surface area contributed by atoms with E-state index < -0.39 is 11.7 Å². The van der Waals surface area contributed by atoms with E-state index in [-0.39, 0.29) is 11.9 Å². The number of amides is 1. The number of thioether (sulfide) groups is 1. The van der Waals surface area contributed by atoms with Crippen molar-refractivity contribution in [2.75, 3.05) is 0 Å². The minimum Gasteiger partial charge on any atom is -0.301 e. The molecule has 0 atom stereocenters. The lowest BCUT2D eigenvalue weighted by molar-refractivity contribution is -0.137. The van der Waals surface area contributed by atoms with Crippen LogP contribution in [0.2, 0.25) is 0 Å². The van der Waals surface area contributed by atoms with Crippen molar-refractivity contribution in [2.24, 2.45) is 4.99 Å². The maximum atomic E-state index is 12.8. The molecule has 0 bridgehead atoms. The average molecular weight is 354 g/mol. The molecule has 1 saturated heterocycles. The molecular weight excluding hydrogens is 337 g/mol. The van der Waals surface area contributed by atoms with Gasteiger partial charge in [-0.25, -0.2) is 0 Å². The number of carbonyl (C=O) groups is 1. The molecule has 1 aromatic rings. The Morgan fingerprint density at radius 2 is 1.96 bits per heavy atom. The number of nitrogens with zero attached hydrogens (tertiary/aromatic N) is 1. The van der Waals surface area contributed by atoms with Crippen molar-refractivity contribution in [2.45, 2.75) is 44.3 Å². The monoisotopic (exact) mass is 354 g/mol. The number of alkyl halides is 3. The van der Waals surface area contributed by atoms with Gasteiger partial charge in [0.2, 0.25) is 0 Å². The molecule has 1 saturated carbocycles. The van der Waals surface area contributed by atoms with Gasteiger partial charge in [-0.2, -0.15) is 13.2 Å². The molecule has 7 heteroatoms. The zero-order valence-electron chi connectivity index (χ0n) is 12.9. The van der Waals surface area contributed by atoms with E-state index >= 15 is 0 Å². The van der Waals surface area contributed by atoms with Crippen LogP contribution in [0.4, 0.5) is 13.2 Å². The topological polar surface area (TPSA) is 41.5 Å². The third kappa shape index (κ3) is 4.20. The van der Waals surface area contributed by atoms with Gasteiger partial charge in [0.15, 0.2) is 5.17 Å². The second-order valence-corrected chi connectivity index (χ2v) is 6.94. The van der Waals surface area contributed by atoms with Crippen LogP contribution in [0.15, 0.2) is 34.2 Å². The maximum Gasteiger partial charge on any atom is 0.416 e. The minimum atomic E-state index is -4.40.